The van der Waals surface area contributed by atoms with Gasteiger partial charge in [0, 0.05) is 24.1 Å². The van der Waals surface area contributed by atoms with Crippen molar-refractivity contribution in [1.29, 1.82) is 0 Å². The van der Waals surface area contributed by atoms with Crippen molar-refractivity contribution in [3.63, 3.8) is 0 Å². The molecule has 0 spiro atoms. The zero-order valence-electron chi connectivity index (χ0n) is 25.1. The predicted molar refractivity (Wildman–Crippen MR) is 171 cm³/mol. The lowest BCUT2D eigenvalue weighted by molar-refractivity contribution is -0.274. The van der Waals surface area contributed by atoms with E-state index in [1.165, 1.54) is 51.9 Å². The lowest BCUT2D eigenvalue weighted by Crippen LogP contribution is -2.32. The first kappa shape index (κ1) is 32.3. The largest absolute Gasteiger partial charge is 0.573 e. The maximum absolute atomic E-state index is 12.7. The van der Waals surface area contributed by atoms with Crippen molar-refractivity contribution in [2.75, 3.05) is 17.2 Å². The molecule has 3 aromatic carbocycles. The second-order valence-electron chi connectivity index (χ2n) is 10.5. The van der Waals surface area contributed by atoms with E-state index in [1.807, 2.05) is 49.4 Å². The van der Waals surface area contributed by atoms with E-state index in [1.54, 1.807) is 0 Å². The quantitative estimate of drug-likeness (QED) is 0.174. The van der Waals surface area contributed by atoms with E-state index in [4.69, 9.17) is 0 Å². The van der Waals surface area contributed by atoms with Crippen molar-refractivity contribution < 1.29 is 27.5 Å². The fourth-order valence-corrected chi connectivity index (χ4v) is 5.45. The SMILES string of the molecule is Cc1ccc(C(C)C)c(N2C(=O)CS/C2=N\C(=O)NCCC#Cc2cccc(-c3ncn(-c4ccc(OC(F)(F)F)cc4)n3)c2)c1. The molecule has 9 nitrogen and oxygen atoms in total. The highest BCUT2D eigenvalue weighted by Crippen LogP contribution is 2.34. The number of urea groups is 1. The van der Waals surface area contributed by atoms with Crippen molar-refractivity contribution in [2.45, 2.75) is 39.5 Å². The number of anilines is 1. The van der Waals surface area contributed by atoms with Gasteiger partial charge in [0.2, 0.25) is 5.91 Å². The number of nitrogens with zero attached hydrogens (tertiary/aromatic N) is 5. The van der Waals surface area contributed by atoms with Crippen molar-refractivity contribution in [3.8, 4) is 34.7 Å². The molecule has 1 N–H and O–H groups in total. The number of amidine groups is 1. The van der Waals surface area contributed by atoms with Crippen LogP contribution < -0.4 is 15.0 Å². The molecule has 0 atom stereocenters. The summed E-state index contributed by atoms with van der Waals surface area (Å²) in [6, 6.07) is 18.0. The van der Waals surface area contributed by atoms with Gasteiger partial charge in [-0.3, -0.25) is 9.69 Å². The number of aryl methyl sites for hydroxylation is 1. The number of ether oxygens (including phenoxy) is 1. The zero-order chi connectivity index (χ0) is 32.8. The van der Waals surface area contributed by atoms with Crippen LogP contribution in [0.1, 0.15) is 42.9 Å². The Labute approximate surface area is 267 Å². The molecule has 0 unspecified atom stereocenters. The number of carbonyl (C=O) groups excluding carboxylic acids is 2. The summed E-state index contributed by atoms with van der Waals surface area (Å²) in [6.07, 6.45) is -2.94. The molecule has 5 rings (SSSR count). The summed E-state index contributed by atoms with van der Waals surface area (Å²) in [5.41, 5.74) is 4.69. The molecule has 1 aliphatic heterocycles. The number of thioether (sulfide) groups is 1. The number of amides is 3. The first-order valence-corrected chi connectivity index (χ1v) is 15.3. The molecule has 0 bridgehead atoms. The van der Waals surface area contributed by atoms with Gasteiger partial charge in [-0.1, -0.05) is 61.7 Å². The molecule has 4 aromatic rings. The monoisotopic (exact) mass is 646 g/mol. The highest BCUT2D eigenvalue weighted by Gasteiger charge is 2.33. The van der Waals surface area contributed by atoms with Crippen molar-refractivity contribution >= 4 is 34.6 Å². The number of hydrogen-bond donors (Lipinski definition) is 1. The molecular formula is C33H29F3N6O3S. The van der Waals surface area contributed by atoms with Crippen LogP contribution in [0, 0.1) is 18.8 Å². The minimum atomic E-state index is -4.77. The Hall–Kier alpha value is -5.09. The Bertz CT molecular complexity index is 1840. The van der Waals surface area contributed by atoms with Gasteiger partial charge in [-0.25, -0.2) is 14.5 Å². The van der Waals surface area contributed by atoms with Gasteiger partial charge in [0.05, 0.1) is 17.1 Å². The smallest absolute Gasteiger partial charge is 0.406 e. The minimum absolute atomic E-state index is 0.118. The Balaban J connectivity index is 1.18. The number of benzene rings is 3. The lowest BCUT2D eigenvalue weighted by Gasteiger charge is -2.22. The highest BCUT2D eigenvalue weighted by molar-refractivity contribution is 8.15. The molecule has 236 valence electrons. The summed E-state index contributed by atoms with van der Waals surface area (Å²) < 4.78 is 42.6. The number of alkyl halides is 3. The van der Waals surface area contributed by atoms with E-state index in [0.29, 0.717) is 34.2 Å². The predicted octanol–water partition coefficient (Wildman–Crippen LogP) is 6.85. The first-order valence-electron chi connectivity index (χ1n) is 14.3. The summed E-state index contributed by atoms with van der Waals surface area (Å²) >= 11 is 1.23. The fourth-order valence-electron chi connectivity index (χ4n) is 4.60. The number of aromatic nitrogens is 3. The Morgan fingerprint density at radius 3 is 2.65 bits per heavy atom. The second kappa shape index (κ2) is 13.9. The standard InChI is InChI=1S/C33H29F3N6O3S/c1-21(2)27-15-10-22(3)17-28(27)42-29(43)19-46-32(42)39-31(44)37-16-5-4-7-23-8-6-9-24(18-23)30-38-20-41(40-30)25-11-13-26(14-12-25)45-33(34,35)36/h6,8-15,17-18,20-21H,5,16,19H2,1-3H3,(H,37,44)/b39-32-. The molecular weight excluding hydrogens is 617 g/mol. The Morgan fingerprint density at radius 2 is 1.91 bits per heavy atom. The van der Waals surface area contributed by atoms with Crippen LogP contribution in [0.25, 0.3) is 17.1 Å². The Kier molecular flexibility index (Phi) is 9.77. The van der Waals surface area contributed by atoms with Crippen molar-refractivity contribution in [2.24, 2.45) is 4.99 Å². The van der Waals surface area contributed by atoms with Crippen molar-refractivity contribution in [3.05, 3.63) is 89.7 Å². The Morgan fingerprint density at radius 1 is 1.13 bits per heavy atom. The molecule has 0 aliphatic carbocycles. The van der Waals surface area contributed by atoms with Gasteiger partial charge in [0.25, 0.3) is 0 Å². The summed E-state index contributed by atoms with van der Waals surface area (Å²) in [6.45, 7) is 6.33. The third-order valence-electron chi connectivity index (χ3n) is 6.72. The molecule has 3 amide bonds. The number of aliphatic imine (C=N–C) groups is 1. The normalized spacial score (nSPS) is 14.0. The van der Waals surface area contributed by atoms with E-state index in [0.717, 1.165) is 16.8 Å². The second-order valence-corrected chi connectivity index (χ2v) is 11.5. The number of nitrogens with one attached hydrogen (secondary N) is 1. The van der Waals surface area contributed by atoms with Gasteiger partial charge in [-0.15, -0.1) is 18.3 Å². The van der Waals surface area contributed by atoms with Gasteiger partial charge in [-0.05, 0) is 66.4 Å². The van der Waals surface area contributed by atoms with Crippen LogP contribution in [0.3, 0.4) is 0 Å². The van der Waals surface area contributed by atoms with Crippen LogP contribution >= 0.6 is 11.8 Å². The van der Waals surface area contributed by atoms with E-state index < -0.39 is 12.4 Å². The van der Waals surface area contributed by atoms with Crippen LogP contribution in [0.15, 0.2) is 78.0 Å². The molecule has 1 aliphatic rings. The third kappa shape index (κ3) is 8.13. The van der Waals surface area contributed by atoms with Crippen LogP contribution in [0.2, 0.25) is 0 Å². The number of halogens is 3. The summed E-state index contributed by atoms with van der Waals surface area (Å²) in [5.74, 6) is 6.45. The van der Waals surface area contributed by atoms with Crippen LogP contribution in [0.5, 0.6) is 5.75 Å². The topological polar surface area (TPSA) is 102 Å². The first-order chi connectivity index (χ1) is 22.0. The van der Waals surface area contributed by atoms with E-state index in [-0.39, 0.29) is 29.9 Å². The summed E-state index contributed by atoms with van der Waals surface area (Å²) in [4.78, 5) is 35.4. The minimum Gasteiger partial charge on any atom is -0.406 e. The van der Waals surface area contributed by atoms with E-state index >= 15 is 0 Å². The molecule has 2 heterocycles. The van der Waals surface area contributed by atoms with E-state index in [9.17, 15) is 22.8 Å². The third-order valence-corrected chi connectivity index (χ3v) is 7.64. The average Bonchev–Trinajstić information content (AvgIpc) is 3.63. The van der Waals surface area contributed by atoms with Gasteiger partial charge in [0.1, 0.15) is 12.1 Å². The number of rotatable bonds is 7. The maximum Gasteiger partial charge on any atom is 0.573 e. The van der Waals surface area contributed by atoms with Gasteiger partial charge in [-0.2, -0.15) is 4.99 Å². The average molecular weight is 647 g/mol. The molecule has 1 saturated heterocycles. The van der Waals surface area contributed by atoms with Crippen LogP contribution in [-0.2, 0) is 4.79 Å². The lowest BCUT2D eigenvalue weighted by atomic mass is 9.99. The van der Waals surface area contributed by atoms with E-state index in [2.05, 4.69) is 50.8 Å². The summed E-state index contributed by atoms with van der Waals surface area (Å²) in [5, 5.41) is 7.51. The summed E-state index contributed by atoms with van der Waals surface area (Å²) in [7, 11) is 0. The van der Waals surface area contributed by atoms with Gasteiger partial charge < -0.3 is 10.1 Å². The fraction of sp³-hybridized carbons (Fsp3) is 0.242. The molecule has 0 radical (unpaired) electrons. The molecule has 1 fully saturated rings. The van der Waals surface area contributed by atoms with Gasteiger partial charge in [0.15, 0.2) is 11.0 Å². The number of carbonyl (C=O) groups is 2. The van der Waals surface area contributed by atoms with Crippen molar-refractivity contribution in [1.82, 2.24) is 20.1 Å². The molecule has 46 heavy (non-hydrogen) atoms. The molecule has 13 heteroatoms. The van der Waals surface area contributed by atoms with Gasteiger partial charge >= 0.3 is 12.4 Å². The zero-order valence-corrected chi connectivity index (χ0v) is 25.9. The molecule has 1 aromatic heterocycles. The maximum atomic E-state index is 12.7. The van der Waals surface area contributed by atoms with Crippen LogP contribution in [0.4, 0.5) is 23.7 Å². The highest BCUT2D eigenvalue weighted by atomic mass is 32.2. The van der Waals surface area contributed by atoms with Crippen LogP contribution in [-0.4, -0.2) is 50.5 Å². The number of hydrogen-bond acceptors (Lipinski definition) is 6. The molecule has 0 saturated carbocycles.